The third kappa shape index (κ3) is 3.39. The number of anilines is 1. The monoisotopic (exact) mass is 357 g/mol. The van der Waals surface area contributed by atoms with E-state index in [4.69, 9.17) is 0 Å². The number of phenols is 1. The van der Waals surface area contributed by atoms with E-state index in [9.17, 15) is 23.1 Å². The number of rotatable bonds is 3. The zero-order valence-electron chi connectivity index (χ0n) is 13.7. The minimum atomic E-state index is -1.000. The Morgan fingerprint density at radius 2 is 1.69 bits per heavy atom. The number of amides is 1. The molecule has 0 saturated heterocycles. The molecular weight excluding hydrogens is 343 g/mol. The third-order valence-electron chi connectivity index (χ3n) is 3.94. The van der Waals surface area contributed by atoms with Crippen LogP contribution in [0.5, 0.6) is 5.75 Å². The van der Waals surface area contributed by atoms with Crippen molar-refractivity contribution in [2.75, 3.05) is 5.32 Å². The smallest absolute Gasteiger partial charge is 0.258 e. The van der Waals surface area contributed by atoms with Gasteiger partial charge in [0.15, 0.2) is 11.6 Å². The number of benzene rings is 3. The Kier molecular flexibility index (Phi) is 4.67. The average molecular weight is 357 g/mol. The van der Waals surface area contributed by atoms with Gasteiger partial charge in [0.1, 0.15) is 11.6 Å². The number of hydrogen-bond acceptors (Lipinski definition) is 2. The van der Waals surface area contributed by atoms with Gasteiger partial charge in [-0.25, -0.2) is 13.2 Å². The molecule has 0 heterocycles. The summed E-state index contributed by atoms with van der Waals surface area (Å²) in [7, 11) is 0. The predicted molar refractivity (Wildman–Crippen MR) is 92.5 cm³/mol. The SMILES string of the molecule is Cc1ccc(O)c(F)c1NC(=O)c1cc(-c2cccc(F)c2)ccc1F. The fourth-order valence-corrected chi connectivity index (χ4v) is 2.54. The standard InChI is InChI=1S/C20H14F3NO2/c1-11-5-8-17(25)18(23)19(11)24-20(26)15-10-13(6-7-16(15)22)12-3-2-4-14(21)9-12/h2-10,25H,1H3,(H,24,26). The molecule has 0 bridgehead atoms. The maximum atomic E-state index is 14.1. The van der Waals surface area contributed by atoms with Gasteiger partial charge in [-0.05, 0) is 53.9 Å². The normalized spacial score (nSPS) is 10.6. The maximum absolute atomic E-state index is 14.1. The van der Waals surface area contributed by atoms with Gasteiger partial charge in [0.2, 0.25) is 0 Å². The highest BCUT2D eigenvalue weighted by atomic mass is 19.1. The van der Waals surface area contributed by atoms with Gasteiger partial charge in [0.05, 0.1) is 11.3 Å². The molecule has 0 unspecified atom stereocenters. The molecule has 0 aliphatic carbocycles. The number of nitrogens with one attached hydrogen (secondary N) is 1. The lowest BCUT2D eigenvalue weighted by Crippen LogP contribution is -2.16. The van der Waals surface area contributed by atoms with E-state index in [1.807, 2.05) is 0 Å². The van der Waals surface area contributed by atoms with Crippen molar-refractivity contribution in [1.29, 1.82) is 0 Å². The van der Waals surface area contributed by atoms with Crippen molar-refractivity contribution in [3.63, 3.8) is 0 Å². The van der Waals surface area contributed by atoms with Gasteiger partial charge in [-0.15, -0.1) is 0 Å². The van der Waals surface area contributed by atoms with Crippen molar-refractivity contribution in [1.82, 2.24) is 0 Å². The molecule has 0 radical (unpaired) electrons. The number of carbonyl (C=O) groups is 1. The summed E-state index contributed by atoms with van der Waals surface area (Å²) in [5, 5.41) is 11.7. The van der Waals surface area contributed by atoms with Crippen LogP contribution in [0.25, 0.3) is 11.1 Å². The highest BCUT2D eigenvalue weighted by molar-refractivity contribution is 6.05. The van der Waals surface area contributed by atoms with Gasteiger partial charge in [0, 0.05) is 0 Å². The van der Waals surface area contributed by atoms with E-state index in [1.54, 1.807) is 6.07 Å². The van der Waals surface area contributed by atoms with Gasteiger partial charge in [0.25, 0.3) is 5.91 Å². The summed E-state index contributed by atoms with van der Waals surface area (Å²) in [6.07, 6.45) is 0. The van der Waals surface area contributed by atoms with Gasteiger partial charge >= 0.3 is 0 Å². The van der Waals surface area contributed by atoms with Gasteiger partial charge in [-0.1, -0.05) is 24.3 Å². The van der Waals surface area contributed by atoms with Crippen LogP contribution in [-0.2, 0) is 0 Å². The Hall–Kier alpha value is -3.28. The van der Waals surface area contributed by atoms with E-state index in [2.05, 4.69) is 5.32 Å². The Labute approximate surface area is 147 Å². The van der Waals surface area contributed by atoms with Crippen LogP contribution in [0.3, 0.4) is 0 Å². The van der Waals surface area contributed by atoms with Crippen LogP contribution in [0, 0.1) is 24.4 Å². The molecule has 2 N–H and O–H groups in total. The molecule has 1 amide bonds. The molecule has 0 atom stereocenters. The number of carbonyl (C=O) groups excluding carboxylic acids is 1. The fraction of sp³-hybridized carbons (Fsp3) is 0.0500. The summed E-state index contributed by atoms with van der Waals surface area (Å²) in [5.74, 6) is -3.77. The lowest BCUT2D eigenvalue weighted by Gasteiger charge is -2.12. The topological polar surface area (TPSA) is 49.3 Å². The number of hydrogen-bond donors (Lipinski definition) is 2. The summed E-state index contributed by atoms with van der Waals surface area (Å²) in [4.78, 5) is 12.4. The first-order valence-electron chi connectivity index (χ1n) is 7.71. The molecule has 0 saturated carbocycles. The molecule has 0 aliphatic rings. The largest absolute Gasteiger partial charge is 0.505 e. The summed E-state index contributed by atoms with van der Waals surface area (Å²) in [6.45, 7) is 1.54. The lowest BCUT2D eigenvalue weighted by atomic mass is 10.0. The van der Waals surface area contributed by atoms with Crippen molar-refractivity contribution in [3.8, 4) is 16.9 Å². The Balaban J connectivity index is 1.98. The van der Waals surface area contributed by atoms with E-state index in [1.165, 1.54) is 43.3 Å². The second kappa shape index (κ2) is 6.92. The molecule has 0 spiro atoms. The first kappa shape index (κ1) is 17.5. The molecule has 0 aliphatic heterocycles. The second-order valence-corrected chi connectivity index (χ2v) is 5.75. The molecule has 3 aromatic rings. The Morgan fingerprint density at radius 3 is 2.42 bits per heavy atom. The van der Waals surface area contributed by atoms with Crippen molar-refractivity contribution in [2.45, 2.75) is 6.92 Å². The van der Waals surface area contributed by atoms with Gasteiger partial charge < -0.3 is 10.4 Å². The first-order chi connectivity index (χ1) is 12.4. The van der Waals surface area contributed by atoms with E-state index < -0.39 is 29.1 Å². The van der Waals surface area contributed by atoms with Gasteiger partial charge in [-0.3, -0.25) is 4.79 Å². The van der Waals surface area contributed by atoms with E-state index >= 15 is 0 Å². The van der Waals surface area contributed by atoms with Crippen LogP contribution < -0.4 is 5.32 Å². The summed E-state index contributed by atoms with van der Waals surface area (Å²) in [6, 6.07) is 12.0. The van der Waals surface area contributed by atoms with Crippen LogP contribution in [0.1, 0.15) is 15.9 Å². The number of phenolic OH excluding ortho intramolecular Hbond substituents is 1. The maximum Gasteiger partial charge on any atom is 0.258 e. The first-order valence-corrected chi connectivity index (χ1v) is 7.71. The Morgan fingerprint density at radius 1 is 0.962 bits per heavy atom. The zero-order chi connectivity index (χ0) is 18.8. The molecule has 132 valence electrons. The van der Waals surface area contributed by atoms with Crippen LogP contribution in [0.15, 0.2) is 54.6 Å². The minimum Gasteiger partial charge on any atom is -0.505 e. The molecule has 3 nitrogen and oxygen atoms in total. The molecule has 0 aromatic heterocycles. The molecule has 26 heavy (non-hydrogen) atoms. The van der Waals surface area contributed by atoms with E-state index in [0.717, 1.165) is 12.1 Å². The highest BCUT2D eigenvalue weighted by Gasteiger charge is 2.18. The molecular formula is C20H14F3NO2. The summed E-state index contributed by atoms with van der Waals surface area (Å²) in [5.41, 5.74) is 0.720. The van der Waals surface area contributed by atoms with Gasteiger partial charge in [-0.2, -0.15) is 0 Å². The van der Waals surface area contributed by atoms with E-state index in [0.29, 0.717) is 16.7 Å². The van der Waals surface area contributed by atoms with Crippen LogP contribution in [-0.4, -0.2) is 11.0 Å². The minimum absolute atomic E-state index is 0.231. The van der Waals surface area contributed by atoms with Crippen molar-refractivity contribution in [2.24, 2.45) is 0 Å². The average Bonchev–Trinajstić information content (AvgIpc) is 2.62. The van der Waals surface area contributed by atoms with Crippen LogP contribution >= 0.6 is 0 Å². The Bertz CT molecular complexity index is 1000. The number of halogens is 3. The zero-order valence-corrected chi connectivity index (χ0v) is 13.7. The fourth-order valence-electron chi connectivity index (χ4n) is 2.54. The number of aryl methyl sites for hydroxylation is 1. The second-order valence-electron chi connectivity index (χ2n) is 5.75. The number of aromatic hydroxyl groups is 1. The molecule has 3 aromatic carbocycles. The van der Waals surface area contributed by atoms with Crippen molar-refractivity contribution < 1.29 is 23.1 Å². The van der Waals surface area contributed by atoms with Crippen LogP contribution in [0.2, 0.25) is 0 Å². The van der Waals surface area contributed by atoms with Crippen molar-refractivity contribution >= 4 is 11.6 Å². The molecule has 3 rings (SSSR count). The highest BCUT2D eigenvalue weighted by Crippen LogP contribution is 2.28. The third-order valence-corrected chi connectivity index (χ3v) is 3.94. The molecule has 6 heteroatoms. The summed E-state index contributed by atoms with van der Waals surface area (Å²) >= 11 is 0. The van der Waals surface area contributed by atoms with Crippen molar-refractivity contribution in [3.05, 3.63) is 83.2 Å². The molecule has 0 fully saturated rings. The quantitative estimate of drug-likeness (QED) is 0.690. The van der Waals surface area contributed by atoms with Crippen LogP contribution in [0.4, 0.5) is 18.9 Å². The lowest BCUT2D eigenvalue weighted by molar-refractivity contribution is 0.102. The predicted octanol–water partition coefficient (Wildman–Crippen LogP) is 5.04. The van der Waals surface area contributed by atoms with E-state index in [-0.39, 0.29) is 11.3 Å². The summed E-state index contributed by atoms with van der Waals surface area (Å²) < 4.78 is 41.5.